The molecule has 2 unspecified atom stereocenters. The van der Waals surface area contributed by atoms with Gasteiger partial charge in [0.15, 0.2) is 0 Å². The Balaban J connectivity index is 1.83. The van der Waals surface area contributed by atoms with Crippen molar-refractivity contribution in [3.63, 3.8) is 0 Å². The van der Waals surface area contributed by atoms with E-state index in [1.807, 2.05) is 36.9 Å². The Morgan fingerprint density at radius 3 is 2.60 bits per heavy atom. The van der Waals surface area contributed by atoms with Gasteiger partial charge in [-0.1, -0.05) is 36.8 Å². The van der Waals surface area contributed by atoms with Gasteiger partial charge in [0.1, 0.15) is 6.17 Å². The summed E-state index contributed by atoms with van der Waals surface area (Å²) in [5.41, 5.74) is 1.18. The molecule has 1 amide bonds. The molecule has 0 bridgehead atoms. The van der Waals surface area contributed by atoms with Crippen LogP contribution in [0.1, 0.15) is 37.9 Å². The molecule has 1 aliphatic heterocycles. The molecule has 1 N–H and O–H groups in total. The number of carbonyl (C=O) groups is 1. The molecule has 0 radical (unpaired) electrons. The van der Waals surface area contributed by atoms with Crippen LogP contribution in [-0.4, -0.2) is 34.4 Å². The van der Waals surface area contributed by atoms with E-state index < -0.39 is 0 Å². The van der Waals surface area contributed by atoms with Crippen LogP contribution in [0, 0.1) is 0 Å². The van der Waals surface area contributed by atoms with Crippen LogP contribution in [0.2, 0.25) is 0 Å². The number of nitrogens with one attached hydrogen (secondary N) is 1. The summed E-state index contributed by atoms with van der Waals surface area (Å²) >= 11 is 1.92. The van der Waals surface area contributed by atoms with Crippen LogP contribution in [0.15, 0.2) is 30.3 Å². The predicted octanol–water partition coefficient (Wildman–Crippen LogP) is 2.79. The second-order valence-corrected chi connectivity index (χ2v) is 7.18. The van der Waals surface area contributed by atoms with Crippen molar-refractivity contribution in [2.45, 2.75) is 43.1 Å². The van der Waals surface area contributed by atoms with E-state index in [9.17, 15) is 4.79 Å². The van der Waals surface area contributed by atoms with Gasteiger partial charge < -0.3 is 4.90 Å². The van der Waals surface area contributed by atoms with Crippen molar-refractivity contribution in [1.29, 1.82) is 0 Å². The highest BCUT2D eigenvalue weighted by atomic mass is 32.2. The molecule has 1 aromatic carbocycles. The second kappa shape index (κ2) is 5.41. The maximum atomic E-state index is 12.5. The first-order valence-electron chi connectivity index (χ1n) is 7.32. The minimum atomic E-state index is -0.0841. The van der Waals surface area contributed by atoms with E-state index in [0.717, 1.165) is 6.54 Å². The van der Waals surface area contributed by atoms with Gasteiger partial charge in [0, 0.05) is 11.3 Å². The summed E-state index contributed by atoms with van der Waals surface area (Å²) in [6, 6.07) is 10.2. The molecule has 0 aromatic heterocycles. The summed E-state index contributed by atoms with van der Waals surface area (Å²) in [7, 11) is 0. The van der Waals surface area contributed by atoms with Crippen LogP contribution in [0.25, 0.3) is 0 Å². The Bertz CT molecular complexity index is 481. The van der Waals surface area contributed by atoms with E-state index in [2.05, 4.69) is 28.6 Å². The normalized spacial score (nSPS) is 28.5. The van der Waals surface area contributed by atoms with Crippen molar-refractivity contribution >= 4 is 17.7 Å². The number of thioether (sulfide) groups is 1. The zero-order valence-corrected chi connectivity index (χ0v) is 13.0. The average Bonchev–Trinajstić information content (AvgIpc) is 2.71. The molecule has 2 atom stereocenters. The van der Waals surface area contributed by atoms with Gasteiger partial charge in [0.05, 0.1) is 6.04 Å². The highest BCUT2D eigenvalue weighted by Gasteiger charge is 2.44. The Hall–Kier alpha value is -1.00. The first-order chi connectivity index (χ1) is 9.65. The maximum Gasteiger partial charge on any atom is 0.241 e. The topological polar surface area (TPSA) is 32.3 Å². The van der Waals surface area contributed by atoms with Crippen molar-refractivity contribution < 1.29 is 4.79 Å². The fraction of sp³-hybridized carbons (Fsp3) is 0.562. The first-order valence-corrected chi connectivity index (χ1v) is 8.54. The van der Waals surface area contributed by atoms with Crippen LogP contribution in [0.4, 0.5) is 0 Å². The summed E-state index contributed by atoms with van der Waals surface area (Å²) in [6.07, 6.45) is 5.96. The Kier molecular flexibility index (Phi) is 3.78. The number of rotatable bonds is 4. The predicted molar refractivity (Wildman–Crippen MR) is 83.6 cm³/mol. The van der Waals surface area contributed by atoms with E-state index in [0.29, 0.717) is 0 Å². The molecule has 0 spiro atoms. The molecular formula is C16H22N2OS. The molecule has 2 aliphatic rings. The van der Waals surface area contributed by atoms with Gasteiger partial charge in [0.25, 0.3) is 0 Å². The molecule has 3 nitrogen and oxygen atoms in total. The van der Waals surface area contributed by atoms with Crippen molar-refractivity contribution in [2.75, 3.05) is 12.8 Å². The quantitative estimate of drug-likeness (QED) is 0.925. The zero-order valence-electron chi connectivity index (χ0n) is 12.1. The standard InChI is InChI=1S/C16H22N2OS/c1-12-15(19)18(11-16(20-2)9-6-10-16)14(17-12)13-7-4-3-5-8-13/h3-5,7-8,12,14,17H,6,9-11H2,1-2H3. The summed E-state index contributed by atoms with van der Waals surface area (Å²) in [5.74, 6) is 0.235. The first kappa shape index (κ1) is 14.0. The lowest BCUT2D eigenvalue weighted by molar-refractivity contribution is -0.130. The lowest BCUT2D eigenvalue weighted by Gasteiger charge is -2.44. The molecule has 1 heterocycles. The maximum absolute atomic E-state index is 12.5. The third-order valence-corrected chi connectivity index (χ3v) is 6.05. The van der Waals surface area contributed by atoms with E-state index in [1.54, 1.807) is 0 Å². The van der Waals surface area contributed by atoms with Crippen molar-refractivity contribution in [3.05, 3.63) is 35.9 Å². The molecular weight excluding hydrogens is 268 g/mol. The van der Waals surface area contributed by atoms with E-state index in [-0.39, 0.29) is 22.9 Å². The second-order valence-electron chi connectivity index (χ2n) is 5.91. The van der Waals surface area contributed by atoms with Crippen molar-refractivity contribution in [1.82, 2.24) is 10.2 Å². The summed E-state index contributed by atoms with van der Waals surface area (Å²) in [5, 5.41) is 3.43. The van der Waals surface area contributed by atoms with E-state index >= 15 is 0 Å². The van der Waals surface area contributed by atoms with Gasteiger partial charge in [-0.25, -0.2) is 0 Å². The molecule has 108 valence electrons. The molecule has 1 aromatic rings. The molecule has 2 fully saturated rings. The van der Waals surface area contributed by atoms with Gasteiger partial charge in [-0.3, -0.25) is 10.1 Å². The minimum Gasteiger partial charge on any atom is -0.320 e. The highest BCUT2D eigenvalue weighted by molar-refractivity contribution is 8.00. The third kappa shape index (κ3) is 2.35. The van der Waals surface area contributed by atoms with Crippen molar-refractivity contribution in [2.24, 2.45) is 0 Å². The number of nitrogens with zero attached hydrogens (tertiary/aromatic N) is 1. The molecule has 1 saturated carbocycles. The van der Waals surface area contributed by atoms with Gasteiger partial charge in [0.2, 0.25) is 5.91 Å². The molecule has 4 heteroatoms. The number of amides is 1. The largest absolute Gasteiger partial charge is 0.320 e. The summed E-state index contributed by atoms with van der Waals surface area (Å²) in [4.78, 5) is 14.5. The number of hydrogen-bond donors (Lipinski definition) is 1. The summed E-state index contributed by atoms with van der Waals surface area (Å²) in [6.45, 7) is 2.83. The summed E-state index contributed by atoms with van der Waals surface area (Å²) < 4.78 is 0.286. The fourth-order valence-corrected chi connectivity index (χ4v) is 4.13. The van der Waals surface area contributed by atoms with Crippen LogP contribution in [0.3, 0.4) is 0 Å². The van der Waals surface area contributed by atoms with Crippen LogP contribution in [0.5, 0.6) is 0 Å². The molecule has 3 rings (SSSR count). The zero-order chi connectivity index (χ0) is 14.2. The van der Waals surface area contributed by atoms with Crippen LogP contribution >= 0.6 is 11.8 Å². The van der Waals surface area contributed by atoms with Gasteiger partial charge in [-0.2, -0.15) is 11.8 Å². The molecule has 20 heavy (non-hydrogen) atoms. The average molecular weight is 290 g/mol. The van der Waals surface area contributed by atoms with Gasteiger partial charge in [-0.05, 0) is 31.6 Å². The van der Waals surface area contributed by atoms with Crippen molar-refractivity contribution in [3.8, 4) is 0 Å². The monoisotopic (exact) mass is 290 g/mol. The number of carbonyl (C=O) groups excluding carboxylic acids is 1. The molecule has 1 aliphatic carbocycles. The van der Waals surface area contributed by atoms with Crippen LogP contribution < -0.4 is 5.32 Å². The smallest absolute Gasteiger partial charge is 0.241 e. The van der Waals surface area contributed by atoms with Gasteiger partial charge >= 0.3 is 0 Å². The SMILES string of the molecule is CSC1(CN2C(=O)C(C)NC2c2ccccc2)CCC1. The van der Waals surface area contributed by atoms with Crippen LogP contribution in [-0.2, 0) is 4.79 Å². The Morgan fingerprint density at radius 2 is 2.05 bits per heavy atom. The Morgan fingerprint density at radius 1 is 1.35 bits per heavy atom. The number of hydrogen-bond acceptors (Lipinski definition) is 3. The lowest BCUT2D eigenvalue weighted by Crippen LogP contribution is -2.47. The fourth-order valence-electron chi connectivity index (χ4n) is 3.16. The minimum absolute atomic E-state index is 0.0309. The number of benzene rings is 1. The highest BCUT2D eigenvalue weighted by Crippen LogP contribution is 2.45. The third-order valence-electron chi connectivity index (χ3n) is 4.64. The Labute approximate surface area is 125 Å². The lowest BCUT2D eigenvalue weighted by atomic mass is 9.83. The van der Waals surface area contributed by atoms with Gasteiger partial charge in [-0.15, -0.1) is 0 Å². The van der Waals surface area contributed by atoms with E-state index in [4.69, 9.17) is 0 Å². The van der Waals surface area contributed by atoms with E-state index in [1.165, 1.54) is 24.8 Å². The molecule has 1 saturated heterocycles.